The Kier molecular flexibility index (Phi) is 5.35. The third kappa shape index (κ3) is 5.10. The normalized spacial score (nSPS) is 12.6. The molecule has 0 radical (unpaired) electrons. The molecule has 1 rings (SSSR count). The molecule has 0 aromatic heterocycles. The van der Waals surface area contributed by atoms with E-state index in [-0.39, 0.29) is 17.0 Å². The van der Waals surface area contributed by atoms with Crippen LogP contribution < -0.4 is 10.6 Å². The Balaban J connectivity index is 2.67. The Morgan fingerprint density at radius 2 is 1.90 bits per heavy atom. The first kappa shape index (κ1) is 17.0. The summed E-state index contributed by atoms with van der Waals surface area (Å²) < 4.78 is 0. The fourth-order valence-electron chi connectivity index (χ4n) is 1.61. The van der Waals surface area contributed by atoms with Crippen LogP contribution in [0, 0.1) is 18.3 Å². The van der Waals surface area contributed by atoms with Gasteiger partial charge in [-0.3, -0.25) is 0 Å². The molecule has 0 heterocycles. The third-order valence-corrected chi connectivity index (χ3v) is 3.78. The predicted octanol–water partition coefficient (Wildman–Crippen LogP) is 3.50. The van der Waals surface area contributed by atoms with Gasteiger partial charge in [0.15, 0.2) is 0 Å². The maximum Gasteiger partial charge on any atom is 0.335 e. The van der Waals surface area contributed by atoms with E-state index in [1.165, 1.54) is 12.1 Å². The molecule has 0 fully saturated rings. The van der Waals surface area contributed by atoms with Crippen molar-refractivity contribution in [3.8, 4) is 0 Å². The van der Waals surface area contributed by atoms with Crippen molar-refractivity contribution in [3.05, 3.63) is 29.3 Å². The molecule has 1 aromatic rings. The van der Waals surface area contributed by atoms with Gasteiger partial charge in [-0.1, -0.05) is 33.8 Å². The lowest BCUT2D eigenvalue weighted by Gasteiger charge is -2.27. The van der Waals surface area contributed by atoms with E-state index >= 15 is 0 Å². The monoisotopic (exact) mass is 292 g/mol. The Morgan fingerprint density at radius 1 is 1.29 bits per heavy atom. The van der Waals surface area contributed by atoms with Gasteiger partial charge in [0.1, 0.15) is 0 Å². The van der Waals surface area contributed by atoms with Crippen LogP contribution in [0.4, 0.5) is 10.5 Å². The van der Waals surface area contributed by atoms with Crippen molar-refractivity contribution < 1.29 is 14.7 Å². The molecule has 0 bridgehead atoms. The molecular formula is C16H24N2O3. The predicted molar refractivity (Wildman–Crippen MR) is 83.8 cm³/mol. The molecule has 3 N–H and O–H groups in total. The zero-order valence-electron chi connectivity index (χ0n) is 13.3. The Labute approximate surface area is 125 Å². The number of hydrogen-bond acceptors (Lipinski definition) is 2. The molecule has 1 atom stereocenters. The molecule has 0 saturated heterocycles. The third-order valence-electron chi connectivity index (χ3n) is 3.78. The molecule has 0 aliphatic heterocycles. The summed E-state index contributed by atoms with van der Waals surface area (Å²) >= 11 is 0. The highest BCUT2D eigenvalue weighted by Crippen LogP contribution is 2.24. The number of urea groups is 1. The second-order valence-corrected chi connectivity index (χ2v) is 6.44. The van der Waals surface area contributed by atoms with Crippen LogP contribution in [0.1, 0.15) is 43.6 Å². The van der Waals surface area contributed by atoms with Gasteiger partial charge >= 0.3 is 12.0 Å². The second kappa shape index (κ2) is 6.61. The first-order valence-electron chi connectivity index (χ1n) is 7.00. The topological polar surface area (TPSA) is 78.4 Å². The van der Waals surface area contributed by atoms with Gasteiger partial charge in [0, 0.05) is 12.2 Å². The summed E-state index contributed by atoms with van der Waals surface area (Å²) in [5.74, 6) is -0.686. The highest BCUT2D eigenvalue weighted by molar-refractivity contribution is 5.93. The van der Waals surface area contributed by atoms with Crippen LogP contribution in [-0.2, 0) is 0 Å². The standard InChI is InChI=1S/C16H24N2O3/c1-10-6-7-12(14(19)20)8-13(10)18-15(21)17-9-11(2)16(3,4)5/h6-8,11H,9H2,1-5H3,(H,19,20)(H2,17,18,21). The average Bonchev–Trinajstić information content (AvgIpc) is 2.37. The average molecular weight is 292 g/mol. The van der Waals surface area contributed by atoms with Crippen molar-refractivity contribution >= 4 is 17.7 Å². The van der Waals surface area contributed by atoms with E-state index in [1.807, 2.05) is 6.92 Å². The second-order valence-electron chi connectivity index (χ2n) is 6.44. The number of carbonyl (C=O) groups is 2. The van der Waals surface area contributed by atoms with E-state index in [4.69, 9.17) is 5.11 Å². The number of aryl methyl sites for hydroxylation is 1. The largest absolute Gasteiger partial charge is 0.478 e. The molecule has 0 saturated carbocycles. The summed E-state index contributed by atoms with van der Waals surface area (Å²) in [6, 6.07) is 4.33. The van der Waals surface area contributed by atoms with Gasteiger partial charge in [-0.2, -0.15) is 0 Å². The van der Waals surface area contributed by atoms with Crippen molar-refractivity contribution in [2.75, 3.05) is 11.9 Å². The quantitative estimate of drug-likeness (QED) is 0.794. The first-order chi connectivity index (χ1) is 9.61. The van der Waals surface area contributed by atoms with Gasteiger partial charge in [0.05, 0.1) is 5.56 Å². The Bertz CT molecular complexity index is 533. The van der Waals surface area contributed by atoms with Crippen LogP contribution in [0.3, 0.4) is 0 Å². The SMILES string of the molecule is Cc1ccc(C(=O)O)cc1NC(=O)NCC(C)C(C)(C)C. The van der Waals surface area contributed by atoms with Crippen LogP contribution in [-0.4, -0.2) is 23.7 Å². The van der Waals surface area contributed by atoms with Crippen molar-refractivity contribution in [3.63, 3.8) is 0 Å². The van der Waals surface area contributed by atoms with Crippen LogP contribution in [0.25, 0.3) is 0 Å². The maximum absolute atomic E-state index is 11.9. The number of nitrogens with one attached hydrogen (secondary N) is 2. The lowest BCUT2D eigenvalue weighted by atomic mass is 9.82. The van der Waals surface area contributed by atoms with E-state index in [2.05, 4.69) is 38.3 Å². The summed E-state index contributed by atoms with van der Waals surface area (Å²) in [6.07, 6.45) is 0. The number of benzene rings is 1. The molecule has 0 spiro atoms. The lowest BCUT2D eigenvalue weighted by molar-refractivity contribution is 0.0697. The fourth-order valence-corrected chi connectivity index (χ4v) is 1.61. The minimum absolute atomic E-state index is 0.117. The number of carboxylic acid groups (broad SMARTS) is 1. The molecule has 1 aromatic carbocycles. The van der Waals surface area contributed by atoms with E-state index in [0.29, 0.717) is 18.2 Å². The van der Waals surface area contributed by atoms with E-state index < -0.39 is 5.97 Å². The van der Waals surface area contributed by atoms with Crippen LogP contribution in [0.5, 0.6) is 0 Å². The minimum Gasteiger partial charge on any atom is -0.478 e. The van der Waals surface area contributed by atoms with Gasteiger partial charge in [0.25, 0.3) is 0 Å². The highest BCUT2D eigenvalue weighted by Gasteiger charge is 2.20. The molecule has 5 heteroatoms. The zero-order valence-corrected chi connectivity index (χ0v) is 13.3. The molecule has 2 amide bonds. The number of anilines is 1. The number of rotatable bonds is 4. The van der Waals surface area contributed by atoms with Gasteiger partial charge in [-0.15, -0.1) is 0 Å². The Morgan fingerprint density at radius 3 is 2.43 bits per heavy atom. The highest BCUT2D eigenvalue weighted by atomic mass is 16.4. The van der Waals surface area contributed by atoms with E-state index in [9.17, 15) is 9.59 Å². The van der Waals surface area contributed by atoms with Crippen molar-refractivity contribution in [2.45, 2.75) is 34.6 Å². The molecular weight excluding hydrogens is 268 g/mol. The molecule has 5 nitrogen and oxygen atoms in total. The van der Waals surface area contributed by atoms with Gasteiger partial charge < -0.3 is 15.7 Å². The summed E-state index contributed by atoms with van der Waals surface area (Å²) in [5, 5.41) is 14.5. The fraction of sp³-hybridized carbons (Fsp3) is 0.500. The van der Waals surface area contributed by atoms with Crippen molar-refractivity contribution in [1.29, 1.82) is 0 Å². The molecule has 1 unspecified atom stereocenters. The Hall–Kier alpha value is -2.04. The number of carboxylic acids is 1. The first-order valence-corrected chi connectivity index (χ1v) is 7.00. The molecule has 0 aliphatic rings. The summed E-state index contributed by atoms with van der Waals surface area (Å²) in [5.41, 5.74) is 1.60. The maximum atomic E-state index is 11.9. The van der Waals surface area contributed by atoms with Crippen LogP contribution >= 0.6 is 0 Å². The molecule has 116 valence electrons. The number of carbonyl (C=O) groups excluding carboxylic acids is 1. The number of hydrogen-bond donors (Lipinski definition) is 3. The number of aromatic carboxylic acids is 1. The lowest BCUT2D eigenvalue weighted by Crippen LogP contribution is -2.36. The smallest absolute Gasteiger partial charge is 0.335 e. The van der Waals surface area contributed by atoms with Crippen LogP contribution in [0.15, 0.2) is 18.2 Å². The molecule has 21 heavy (non-hydrogen) atoms. The minimum atomic E-state index is -1.01. The van der Waals surface area contributed by atoms with E-state index in [1.54, 1.807) is 6.07 Å². The van der Waals surface area contributed by atoms with Crippen LogP contribution in [0.2, 0.25) is 0 Å². The summed E-state index contributed by atoms with van der Waals surface area (Å²) in [4.78, 5) is 22.9. The summed E-state index contributed by atoms with van der Waals surface area (Å²) in [6.45, 7) is 10.8. The molecule has 0 aliphatic carbocycles. The van der Waals surface area contributed by atoms with Gasteiger partial charge in [-0.25, -0.2) is 9.59 Å². The summed E-state index contributed by atoms with van der Waals surface area (Å²) in [7, 11) is 0. The van der Waals surface area contributed by atoms with Crippen molar-refractivity contribution in [2.24, 2.45) is 11.3 Å². The van der Waals surface area contributed by atoms with Gasteiger partial charge in [-0.05, 0) is 36.0 Å². The number of amides is 2. The zero-order chi connectivity index (χ0) is 16.2. The van der Waals surface area contributed by atoms with E-state index in [0.717, 1.165) is 5.56 Å². The van der Waals surface area contributed by atoms with Gasteiger partial charge in [0.2, 0.25) is 0 Å². The van der Waals surface area contributed by atoms with Crippen molar-refractivity contribution in [1.82, 2.24) is 5.32 Å².